The van der Waals surface area contributed by atoms with Crippen LogP contribution in [0.25, 0.3) is 0 Å². The van der Waals surface area contributed by atoms with Crippen LogP contribution in [-0.4, -0.2) is 19.3 Å². The van der Waals surface area contributed by atoms with Crippen molar-refractivity contribution < 1.29 is 9.57 Å². The number of nitrogens with two attached hydrogens (primary N) is 1. The maximum absolute atomic E-state index is 5.44. The van der Waals surface area contributed by atoms with E-state index in [1.807, 2.05) is 0 Å². The Morgan fingerprint density at radius 2 is 2.40 bits per heavy atom. The van der Waals surface area contributed by atoms with Gasteiger partial charge >= 0.3 is 0 Å². The van der Waals surface area contributed by atoms with E-state index in [1.165, 1.54) is 19.3 Å². The van der Waals surface area contributed by atoms with Gasteiger partial charge in [-0.2, -0.15) is 0 Å². The summed E-state index contributed by atoms with van der Waals surface area (Å²) in [5.41, 5.74) is 0. The molecule has 1 saturated heterocycles. The van der Waals surface area contributed by atoms with Gasteiger partial charge in [0.2, 0.25) is 0 Å². The van der Waals surface area contributed by atoms with Crippen molar-refractivity contribution >= 4 is 0 Å². The van der Waals surface area contributed by atoms with Crippen molar-refractivity contribution in [2.75, 3.05) is 13.2 Å². The zero-order chi connectivity index (χ0) is 7.23. The third-order valence-corrected chi connectivity index (χ3v) is 1.83. The minimum atomic E-state index is 0.400. The molecule has 1 unspecified atom stereocenters. The Bertz CT molecular complexity index is 81.7. The molecular formula is C7H15NO2. The van der Waals surface area contributed by atoms with Gasteiger partial charge in [-0.05, 0) is 25.7 Å². The van der Waals surface area contributed by atoms with E-state index < -0.39 is 0 Å². The average Bonchev–Trinajstić information content (AvgIpc) is 2.03. The maximum atomic E-state index is 5.44. The van der Waals surface area contributed by atoms with Gasteiger partial charge in [-0.1, -0.05) is 0 Å². The SMILES string of the molecule is NOCCC1CCCCO1. The highest BCUT2D eigenvalue weighted by Crippen LogP contribution is 2.14. The summed E-state index contributed by atoms with van der Waals surface area (Å²) in [6, 6.07) is 0. The van der Waals surface area contributed by atoms with Gasteiger partial charge in [0, 0.05) is 6.61 Å². The van der Waals surface area contributed by atoms with Gasteiger partial charge in [0.25, 0.3) is 0 Å². The van der Waals surface area contributed by atoms with E-state index in [0.717, 1.165) is 13.0 Å². The van der Waals surface area contributed by atoms with Crippen LogP contribution in [0.4, 0.5) is 0 Å². The lowest BCUT2D eigenvalue weighted by Crippen LogP contribution is -2.21. The fourth-order valence-corrected chi connectivity index (χ4v) is 1.23. The molecule has 2 N–H and O–H groups in total. The Morgan fingerprint density at radius 3 is 3.00 bits per heavy atom. The second-order valence-electron chi connectivity index (χ2n) is 2.65. The van der Waals surface area contributed by atoms with Crippen molar-refractivity contribution in [3.63, 3.8) is 0 Å². The Labute approximate surface area is 61.4 Å². The highest BCUT2D eigenvalue weighted by atomic mass is 16.6. The first-order chi connectivity index (χ1) is 4.93. The fraction of sp³-hybridized carbons (Fsp3) is 1.00. The fourth-order valence-electron chi connectivity index (χ4n) is 1.23. The predicted octanol–water partition coefficient (Wildman–Crippen LogP) is 0.836. The molecule has 0 radical (unpaired) electrons. The molecular weight excluding hydrogens is 130 g/mol. The molecule has 3 nitrogen and oxygen atoms in total. The van der Waals surface area contributed by atoms with Crippen LogP contribution in [0.15, 0.2) is 0 Å². The summed E-state index contributed by atoms with van der Waals surface area (Å²) >= 11 is 0. The summed E-state index contributed by atoms with van der Waals surface area (Å²) in [5.74, 6) is 4.89. The van der Waals surface area contributed by atoms with Crippen LogP contribution in [0.1, 0.15) is 25.7 Å². The molecule has 0 spiro atoms. The number of hydrogen-bond acceptors (Lipinski definition) is 3. The molecule has 0 bridgehead atoms. The van der Waals surface area contributed by atoms with Crippen molar-refractivity contribution in [2.24, 2.45) is 5.90 Å². The van der Waals surface area contributed by atoms with E-state index in [2.05, 4.69) is 4.84 Å². The zero-order valence-corrected chi connectivity index (χ0v) is 6.21. The molecule has 1 aliphatic rings. The Balaban J connectivity index is 2.02. The van der Waals surface area contributed by atoms with Crippen molar-refractivity contribution in [1.82, 2.24) is 0 Å². The maximum Gasteiger partial charge on any atom is 0.0703 e. The van der Waals surface area contributed by atoms with Gasteiger partial charge in [-0.15, -0.1) is 0 Å². The van der Waals surface area contributed by atoms with Crippen LogP contribution in [0, 0.1) is 0 Å². The Morgan fingerprint density at radius 1 is 1.50 bits per heavy atom. The molecule has 3 heteroatoms. The van der Waals surface area contributed by atoms with Crippen LogP contribution in [-0.2, 0) is 9.57 Å². The molecule has 1 rings (SSSR count). The van der Waals surface area contributed by atoms with Gasteiger partial charge in [-0.3, -0.25) is 0 Å². The Kier molecular flexibility index (Phi) is 3.72. The molecule has 0 aliphatic carbocycles. The smallest absolute Gasteiger partial charge is 0.0703 e. The first kappa shape index (κ1) is 7.98. The summed E-state index contributed by atoms with van der Waals surface area (Å²) < 4.78 is 5.44. The molecule has 0 saturated carbocycles. The van der Waals surface area contributed by atoms with Crippen molar-refractivity contribution in [1.29, 1.82) is 0 Å². The van der Waals surface area contributed by atoms with E-state index >= 15 is 0 Å². The van der Waals surface area contributed by atoms with Crippen LogP contribution < -0.4 is 5.90 Å². The highest BCUT2D eigenvalue weighted by Gasteiger charge is 2.12. The molecule has 1 fully saturated rings. The number of ether oxygens (including phenoxy) is 1. The van der Waals surface area contributed by atoms with E-state index in [4.69, 9.17) is 10.6 Å². The van der Waals surface area contributed by atoms with E-state index in [0.29, 0.717) is 12.7 Å². The summed E-state index contributed by atoms with van der Waals surface area (Å²) in [4.78, 5) is 4.46. The molecule has 1 aliphatic heterocycles. The van der Waals surface area contributed by atoms with E-state index in [9.17, 15) is 0 Å². The molecule has 10 heavy (non-hydrogen) atoms. The van der Waals surface area contributed by atoms with Crippen LogP contribution >= 0.6 is 0 Å². The van der Waals surface area contributed by atoms with Gasteiger partial charge < -0.3 is 9.57 Å². The van der Waals surface area contributed by atoms with Crippen molar-refractivity contribution in [2.45, 2.75) is 31.8 Å². The molecule has 0 amide bonds. The second kappa shape index (κ2) is 4.66. The zero-order valence-electron chi connectivity index (χ0n) is 6.21. The van der Waals surface area contributed by atoms with Gasteiger partial charge in [-0.25, -0.2) is 5.90 Å². The third-order valence-electron chi connectivity index (χ3n) is 1.83. The standard InChI is InChI=1S/C7H15NO2/c8-10-6-4-7-3-1-2-5-9-7/h7H,1-6,8H2. The molecule has 0 aromatic rings. The lowest BCUT2D eigenvalue weighted by Gasteiger charge is -2.21. The van der Waals surface area contributed by atoms with Crippen molar-refractivity contribution in [3.05, 3.63) is 0 Å². The summed E-state index contributed by atoms with van der Waals surface area (Å²) in [6.45, 7) is 1.53. The van der Waals surface area contributed by atoms with Crippen LogP contribution in [0.3, 0.4) is 0 Å². The minimum Gasteiger partial charge on any atom is -0.378 e. The molecule has 60 valence electrons. The van der Waals surface area contributed by atoms with Gasteiger partial charge in [0.15, 0.2) is 0 Å². The number of hydrogen-bond donors (Lipinski definition) is 1. The first-order valence-corrected chi connectivity index (χ1v) is 3.87. The number of rotatable bonds is 3. The second-order valence-corrected chi connectivity index (χ2v) is 2.65. The van der Waals surface area contributed by atoms with Crippen LogP contribution in [0.5, 0.6) is 0 Å². The first-order valence-electron chi connectivity index (χ1n) is 3.87. The van der Waals surface area contributed by atoms with Crippen LogP contribution in [0.2, 0.25) is 0 Å². The summed E-state index contributed by atoms with van der Waals surface area (Å²) in [6.07, 6.45) is 5.01. The highest BCUT2D eigenvalue weighted by molar-refractivity contribution is 4.62. The lowest BCUT2D eigenvalue weighted by molar-refractivity contribution is -0.00779. The van der Waals surface area contributed by atoms with Crippen molar-refractivity contribution in [3.8, 4) is 0 Å². The Hall–Kier alpha value is -0.120. The molecule has 0 aromatic carbocycles. The largest absolute Gasteiger partial charge is 0.378 e. The molecule has 1 atom stereocenters. The molecule has 1 heterocycles. The third kappa shape index (κ3) is 2.64. The minimum absolute atomic E-state index is 0.400. The van der Waals surface area contributed by atoms with E-state index in [-0.39, 0.29) is 0 Å². The monoisotopic (exact) mass is 145 g/mol. The summed E-state index contributed by atoms with van der Waals surface area (Å²) in [7, 11) is 0. The quantitative estimate of drug-likeness (QED) is 0.598. The lowest BCUT2D eigenvalue weighted by atomic mass is 10.1. The van der Waals surface area contributed by atoms with Gasteiger partial charge in [0.05, 0.1) is 12.7 Å². The average molecular weight is 145 g/mol. The topological polar surface area (TPSA) is 44.5 Å². The molecule has 0 aromatic heterocycles. The predicted molar refractivity (Wildman–Crippen MR) is 38.3 cm³/mol. The summed E-state index contributed by atoms with van der Waals surface area (Å²) in [5, 5.41) is 0. The van der Waals surface area contributed by atoms with Gasteiger partial charge in [0.1, 0.15) is 0 Å². The normalized spacial score (nSPS) is 26.7. The van der Waals surface area contributed by atoms with E-state index in [1.54, 1.807) is 0 Å².